The Morgan fingerprint density at radius 3 is 2.56 bits per heavy atom. The second kappa shape index (κ2) is 8.56. The van der Waals surface area contributed by atoms with E-state index in [1.165, 1.54) is 16.1 Å². The molecule has 0 fully saturated rings. The molecular weight excluding hydrogens is 424 g/mol. The molecule has 5 aromatic rings. The molecule has 8 nitrogen and oxygen atoms in total. The van der Waals surface area contributed by atoms with Crippen LogP contribution in [0.1, 0.15) is 5.56 Å². The number of rotatable bonds is 6. The number of aromatic nitrogens is 5. The molecule has 0 saturated carbocycles. The highest BCUT2D eigenvalue weighted by molar-refractivity contribution is 7.14. The van der Waals surface area contributed by atoms with Crippen LogP contribution in [0.4, 0.5) is 5.13 Å². The first-order chi connectivity index (χ1) is 15.7. The number of nitrogens with one attached hydrogen (secondary N) is 1. The van der Waals surface area contributed by atoms with Gasteiger partial charge in [-0.25, -0.2) is 4.98 Å². The molecule has 2 aromatic carbocycles. The summed E-state index contributed by atoms with van der Waals surface area (Å²) in [6.07, 6.45) is 1.71. The van der Waals surface area contributed by atoms with Crippen LogP contribution >= 0.6 is 11.3 Å². The summed E-state index contributed by atoms with van der Waals surface area (Å²) >= 11 is 1.34. The van der Waals surface area contributed by atoms with E-state index in [4.69, 9.17) is 4.74 Å². The lowest BCUT2D eigenvalue weighted by molar-refractivity contribution is -0.118. The van der Waals surface area contributed by atoms with Crippen molar-refractivity contribution in [3.05, 3.63) is 77.8 Å². The highest BCUT2D eigenvalue weighted by Gasteiger charge is 2.14. The molecule has 0 spiro atoms. The summed E-state index contributed by atoms with van der Waals surface area (Å²) < 4.78 is 5.82. The number of carbonyl (C=O) groups excluding carboxylic acids is 1. The minimum absolute atomic E-state index is 0.171. The molecule has 0 aliphatic carbocycles. The van der Waals surface area contributed by atoms with Gasteiger partial charge in [-0.3, -0.25) is 15.1 Å². The highest BCUT2D eigenvalue weighted by atomic mass is 32.1. The summed E-state index contributed by atoms with van der Waals surface area (Å²) in [4.78, 5) is 22.7. The van der Waals surface area contributed by atoms with E-state index >= 15 is 0 Å². The molecule has 0 radical (unpaired) electrons. The van der Waals surface area contributed by atoms with Gasteiger partial charge in [0.05, 0.1) is 5.69 Å². The van der Waals surface area contributed by atoms with Crippen LogP contribution in [0.15, 0.2) is 72.2 Å². The molecule has 3 aromatic heterocycles. The zero-order valence-corrected chi connectivity index (χ0v) is 17.9. The topological polar surface area (TPSA) is 94.8 Å². The van der Waals surface area contributed by atoms with Gasteiger partial charge in [0, 0.05) is 11.6 Å². The van der Waals surface area contributed by atoms with Crippen LogP contribution in [0.25, 0.3) is 28.1 Å². The lowest BCUT2D eigenvalue weighted by Crippen LogP contribution is -2.20. The molecule has 0 aliphatic rings. The average molecular weight is 443 g/mol. The van der Waals surface area contributed by atoms with Gasteiger partial charge in [0.1, 0.15) is 28.2 Å². The minimum atomic E-state index is -0.308. The molecule has 9 heteroatoms. The fourth-order valence-corrected chi connectivity index (χ4v) is 3.86. The number of anilines is 1. The van der Waals surface area contributed by atoms with Gasteiger partial charge in [-0.2, -0.15) is 0 Å². The molecule has 3 heterocycles. The molecule has 0 saturated heterocycles. The molecule has 0 atom stereocenters. The maximum Gasteiger partial charge on any atom is 0.264 e. The van der Waals surface area contributed by atoms with E-state index in [0.29, 0.717) is 22.3 Å². The van der Waals surface area contributed by atoms with E-state index in [1.807, 2.05) is 73.0 Å². The summed E-state index contributed by atoms with van der Waals surface area (Å²) in [5.74, 6) is 0.205. The van der Waals surface area contributed by atoms with Crippen molar-refractivity contribution in [1.29, 1.82) is 0 Å². The molecule has 1 N–H and O–H groups in total. The van der Waals surface area contributed by atoms with Crippen molar-refractivity contribution >= 4 is 33.4 Å². The van der Waals surface area contributed by atoms with Crippen LogP contribution in [0.3, 0.4) is 0 Å². The van der Waals surface area contributed by atoms with Crippen molar-refractivity contribution in [2.24, 2.45) is 0 Å². The van der Waals surface area contributed by atoms with Crippen LogP contribution in [0.5, 0.6) is 5.75 Å². The Morgan fingerprint density at radius 2 is 1.81 bits per heavy atom. The van der Waals surface area contributed by atoms with E-state index < -0.39 is 0 Å². The van der Waals surface area contributed by atoms with Gasteiger partial charge in [0.25, 0.3) is 5.91 Å². The Balaban J connectivity index is 1.30. The largest absolute Gasteiger partial charge is 0.481 e. The van der Waals surface area contributed by atoms with E-state index in [2.05, 4.69) is 25.5 Å². The van der Waals surface area contributed by atoms with Gasteiger partial charge in [-0.15, -0.1) is 26.3 Å². The first-order valence-electron chi connectivity index (χ1n) is 9.88. The predicted octanol–water partition coefficient (Wildman–Crippen LogP) is 4.26. The smallest absolute Gasteiger partial charge is 0.264 e. The van der Waals surface area contributed by atoms with Crippen LogP contribution < -0.4 is 10.1 Å². The third-order valence-electron chi connectivity index (χ3n) is 4.65. The zero-order chi connectivity index (χ0) is 21.9. The monoisotopic (exact) mass is 442 g/mol. The third-order valence-corrected chi connectivity index (χ3v) is 5.41. The van der Waals surface area contributed by atoms with Crippen LogP contribution in [-0.2, 0) is 4.79 Å². The van der Waals surface area contributed by atoms with Gasteiger partial charge in [-0.1, -0.05) is 24.3 Å². The fourth-order valence-electron chi connectivity index (χ4n) is 3.13. The molecule has 0 unspecified atom stereocenters. The summed E-state index contributed by atoms with van der Waals surface area (Å²) in [6, 6.07) is 18.9. The Bertz CT molecular complexity index is 1360. The number of hydrogen-bond acceptors (Lipinski definition) is 7. The predicted molar refractivity (Wildman–Crippen MR) is 123 cm³/mol. The summed E-state index contributed by atoms with van der Waals surface area (Å²) in [7, 11) is 0. The van der Waals surface area contributed by atoms with Gasteiger partial charge in [0.2, 0.25) is 0 Å². The molecule has 5 rings (SSSR count). The third kappa shape index (κ3) is 4.19. The highest BCUT2D eigenvalue weighted by Crippen LogP contribution is 2.25. The van der Waals surface area contributed by atoms with Crippen LogP contribution in [0, 0.1) is 6.92 Å². The second-order valence-corrected chi connectivity index (χ2v) is 7.90. The van der Waals surface area contributed by atoms with Crippen molar-refractivity contribution < 1.29 is 9.53 Å². The molecule has 32 heavy (non-hydrogen) atoms. The normalized spacial score (nSPS) is 10.9. The number of nitrogens with zero attached hydrogens (tertiary/aromatic N) is 5. The molecule has 1 amide bonds. The number of aryl methyl sites for hydroxylation is 1. The number of carbonyl (C=O) groups is 1. The Hall–Kier alpha value is -4.11. The maximum atomic E-state index is 12.5. The number of pyridine rings is 1. The number of amides is 1. The quantitative estimate of drug-likeness (QED) is 0.422. The van der Waals surface area contributed by atoms with E-state index in [0.717, 1.165) is 22.3 Å². The molecule has 0 aliphatic heterocycles. The number of fused-ring (bicyclic) bond motifs is 1. The number of ether oxygens (including phenoxy) is 1. The van der Waals surface area contributed by atoms with E-state index in [1.54, 1.807) is 6.20 Å². The Kier molecular flexibility index (Phi) is 5.30. The van der Waals surface area contributed by atoms with E-state index in [-0.39, 0.29) is 12.5 Å². The molecule has 158 valence electrons. The SMILES string of the molecule is Cc1ccc(OCC(=O)Nc2nc(-c3ccccn3)cs2)c(-n2nc3ccccc3n2)c1. The first-order valence-corrected chi connectivity index (χ1v) is 10.8. The standard InChI is InChI=1S/C23H18N6O2S/c1-15-9-10-21(20(12-15)29-27-17-7-2-3-8-18(17)28-29)31-13-22(30)26-23-25-19(14-32-23)16-6-4-5-11-24-16/h2-12,14H,13H2,1H3,(H,25,26,30). The van der Waals surface area contributed by atoms with Crippen molar-refractivity contribution in [2.45, 2.75) is 6.92 Å². The lowest BCUT2D eigenvalue weighted by atomic mass is 10.2. The van der Waals surface area contributed by atoms with Crippen LogP contribution in [-0.4, -0.2) is 37.5 Å². The van der Waals surface area contributed by atoms with Crippen molar-refractivity contribution in [1.82, 2.24) is 25.0 Å². The van der Waals surface area contributed by atoms with Gasteiger partial charge < -0.3 is 4.74 Å². The zero-order valence-electron chi connectivity index (χ0n) is 17.1. The second-order valence-electron chi connectivity index (χ2n) is 7.04. The van der Waals surface area contributed by atoms with E-state index in [9.17, 15) is 4.79 Å². The van der Waals surface area contributed by atoms with Crippen LogP contribution in [0.2, 0.25) is 0 Å². The molecular formula is C23H18N6O2S. The minimum Gasteiger partial charge on any atom is -0.481 e. The van der Waals surface area contributed by atoms with Gasteiger partial charge >= 0.3 is 0 Å². The lowest BCUT2D eigenvalue weighted by Gasteiger charge is -2.11. The summed E-state index contributed by atoms with van der Waals surface area (Å²) in [5.41, 5.74) is 4.73. The van der Waals surface area contributed by atoms with Crippen molar-refractivity contribution in [2.75, 3.05) is 11.9 Å². The maximum absolute atomic E-state index is 12.5. The first kappa shape index (κ1) is 19.8. The number of thiazole rings is 1. The summed E-state index contributed by atoms with van der Waals surface area (Å²) in [5, 5.41) is 14.2. The fraction of sp³-hybridized carbons (Fsp3) is 0.0870. The molecule has 0 bridgehead atoms. The summed E-state index contributed by atoms with van der Waals surface area (Å²) in [6.45, 7) is 1.81. The Labute approximate surface area is 187 Å². The van der Waals surface area contributed by atoms with Gasteiger partial charge in [-0.05, 0) is 48.9 Å². The number of hydrogen-bond donors (Lipinski definition) is 1. The van der Waals surface area contributed by atoms with Crippen molar-refractivity contribution in [3.63, 3.8) is 0 Å². The number of benzene rings is 2. The van der Waals surface area contributed by atoms with Gasteiger partial charge in [0.15, 0.2) is 11.7 Å². The Morgan fingerprint density at radius 1 is 1.03 bits per heavy atom. The average Bonchev–Trinajstić information content (AvgIpc) is 3.46. The van der Waals surface area contributed by atoms with Crippen molar-refractivity contribution in [3.8, 4) is 22.8 Å².